The number of pyridine rings is 1. The Hall–Kier alpha value is -1.58. The molecule has 4 nitrogen and oxygen atoms in total. The third-order valence-electron chi connectivity index (χ3n) is 3.03. The lowest BCUT2D eigenvalue weighted by Crippen LogP contribution is -2.38. The first kappa shape index (κ1) is 13.5. The molecular formula is C13H21N3O. The average molecular weight is 235 g/mol. The van der Waals surface area contributed by atoms with Crippen LogP contribution in [-0.2, 0) is 0 Å². The lowest BCUT2D eigenvalue weighted by Gasteiger charge is -2.27. The van der Waals surface area contributed by atoms with Gasteiger partial charge < -0.3 is 10.6 Å². The van der Waals surface area contributed by atoms with E-state index in [1.165, 1.54) is 0 Å². The summed E-state index contributed by atoms with van der Waals surface area (Å²) in [5.74, 6) is -0.0353. The van der Waals surface area contributed by atoms with Crippen molar-refractivity contribution in [3.8, 4) is 0 Å². The van der Waals surface area contributed by atoms with Crippen LogP contribution in [-0.4, -0.2) is 28.4 Å². The number of nitrogens with two attached hydrogens (primary N) is 1. The predicted molar refractivity (Wildman–Crippen MR) is 69.8 cm³/mol. The molecule has 1 atom stereocenters. The highest BCUT2D eigenvalue weighted by molar-refractivity contribution is 5.99. The van der Waals surface area contributed by atoms with Crippen LogP contribution in [0.4, 0.5) is 5.69 Å². The van der Waals surface area contributed by atoms with E-state index in [1.54, 1.807) is 12.3 Å². The largest absolute Gasteiger partial charge is 0.398 e. The minimum Gasteiger partial charge on any atom is -0.398 e. The summed E-state index contributed by atoms with van der Waals surface area (Å²) in [4.78, 5) is 18.3. The number of nitrogens with zero attached hydrogens (tertiary/aromatic N) is 2. The van der Waals surface area contributed by atoms with Crippen molar-refractivity contribution in [1.29, 1.82) is 0 Å². The van der Waals surface area contributed by atoms with Crippen molar-refractivity contribution in [2.75, 3.05) is 12.3 Å². The zero-order valence-electron chi connectivity index (χ0n) is 11.0. The minimum absolute atomic E-state index is 0.0353. The summed E-state index contributed by atoms with van der Waals surface area (Å²) in [7, 11) is 0. The molecule has 17 heavy (non-hydrogen) atoms. The number of nitrogen functional groups attached to an aromatic ring is 1. The molecule has 0 bridgehead atoms. The Balaban J connectivity index is 3.02. The number of aromatic nitrogens is 1. The number of carbonyl (C=O) groups excluding carboxylic acids is 1. The molecule has 0 saturated carbocycles. The van der Waals surface area contributed by atoms with Gasteiger partial charge in [-0.05, 0) is 33.3 Å². The van der Waals surface area contributed by atoms with Crippen molar-refractivity contribution in [3.05, 3.63) is 23.5 Å². The number of amides is 1. The highest BCUT2D eigenvalue weighted by Gasteiger charge is 2.20. The highest BCUT2D eigenvalue weighted by Crippen LogP contribution is 2.16. The van der Waals surface area contributed by atoms with Gasteiger partial charge in [-0.25, -0.2) is 0 Å². The second-order valence-electron chi connectivity index (χ2n) is 4.26. The van der Waals surface area contributed by atoms with Crippen LogP contribution in [0.25, 0.3) is 0 Å². The Morgan fingerprint density at radius 1 is 1.53 bits per heavy atom. The Kier molecular flexibility index (Phi) is 4.49. The molecule has 0 radical (unpaired) electrons. The van der Waals surface area contributed by atoms with Crippen LogP contribution in [0, 0.1) is 6.92 Å². The molecule has 4 heteroatoms. The van der Waals surface area contributed by atoms with Gasteiger partial charge in [0.05, 0.1) is 5.56 Å². The van der Waals surface area contributed by atoms with Gasteiger partial charge in [0.15, 0.2) is 0 Å². The summed E-state index contributed by atoms with van der Waals surface area (Å²) in [6.07, 6.45) is 2.50. The van der Waals surface area contributed by atoms with E-state index in [0.29, 0.717) is 17.8 Å². The van der Waals surface area contributed by atoms with E-state index >= 15 is 0 Å². The molecule has 0 saturated heterocycles. The molecule has 1 amide bonds. The third kappa shape index (κ3) is 2.96. The number of rotatable bonds is 4. The van der Waals surface area contributed by atoms with Crippen LogP contribution < -0.4 is 5.73 Å². The number of carbonyl (C=O) groups is 1. The van der Waals surface area contributed by atoms with Gasteiger partial charge in [0.1, 0.15) is 0 Å². The molecule has 1 rings (SSSR count). The molecule has 1 aromatic heterocycles. The van der Waals surface area contributed by atoms with Crippen LogP contribution in [0.1, 0.15) is 43.2 Å². The van der Waals surface area contributed by atoms with Gasteiger partial charge in [0.25, 0.3) is 5.91 Å². The summed E-state index contributed by atoms with van der Waals surface area (Å²) in [5, 5.41) is 0. The first-order valence-electron chi connectivity index (χ1n) is 6.04. The van der Waals surface area contributed by atoms with Crippen molar-refractivity contribution in [3.63, 3.8) is 0 Å². The van der Waals surface area contributed by atoms with Gasteiger partial charge in [-0.2, -0.15) is 0 Å². The number of hydrogen-bond acceptors (Lipinski definition) is 3. The monoisotopic (exact) mass is 235 g/mol. The van der Waals surface area contributed by atoms with E-state index in [9.17, 15) is 4.79 Å². The lowest BCUT2D eigenvalue weighted by atomic mass is 10.1. The number of aryl methyl sites for hydroxylation is 1. The first-order chi connectivity index (χ1) is 8.01. The molecule has 0 aromatic carbocycles. The van der Waals surface area contributed by atoms with Gasteiger partial charge >= 0.3 is 0 Å². The van der Waals surface area contributed by atoms with Gasteiger partial charge in [-0.3, -0.25) is 9.78 Å². The molecule has 0 fully saturated rings. The topological polar surface area (TPSA) is 59.2 Å². The Bertz CT molecular complexity index is 404. The van der Waals surface area contributed by atoms with E-state index in [4.69, 9.17) is 5.73 Å². The molecule has 94 valence electrons. The van der Waals surface area contributed by atoms with E-state index in [0.717, 1.165) is 12.1 Å². The van der Waals surface area contributed by atoms with E-state index in [-0.39, 0.29) is 11.9 Å². The molecule has 0 aliphatic rings. The fourth-order valence-corrected chi connectivity index (χ4v) is 1.79. The molecule has 0 aliphatic carbocycles. The normalized spacial score (nSPS) is 12.2. The summed E-state index contributed by atoms with van der Waals surface area (Å²) in [6.45, 7) is 8.62. The van der Waals surface area contributed by atoms with Crippen LogP contribution in [0.2, 0.25) is 0 Å². The van der Waals surface area contributed by atoms with Gasteiger partial charge in [0.2, 0.25) is 0 Å². The number of hydrogen-bond donors (Lipinski definition) is 1. The van der Waals surface area contributed by atoms with Crippen molar-refractivity contribution in [2.24, 2.45) is 0 Å². The maximum atomic E-state index is 12.3. The van der Waals surface area contributed by atoms with Crippen LogP contribution >= 0.6 is 0 Å². The number of anilines is 1. The third-order valence-corrected chi connectivity index (χ3v) is 3.03. The summed E-state index contributed by atoms with van der Waals surface area (Å²) in [5.41, 5.74) is 7.70. The van der Waals surface area contributed by atoms with Gasteiger partial charge in [-0.1, -0.05) is 6.92 Å². The van der Waals surface area contributed by atoms with Crippen molar-refractivity contribution in [1.82, 2.24) is 9.88 Å². The summed E-state index contributed by atoms with van der Waals surface area (Å²) >= 11 is 0. The van der Waals surface area contributed by atoms with Crippen molar-refractivity contribution >= 4 is 11.6 Å². The molecule has 0 spiro atoms. The fourth-order valence-electron chi connectivity index (χ4n) is 1.79. The Morgan fingerprint density at radius 2 is 2.18 bits per heavy atom. The van der Waals surface area contributed by atoms with Crippen molar-refractivity contribution in [2.45, 2.75) is 40.2 Å². The fraction of sp³-hybridized carbons (Fsp3) is 0.538. The van der Waals surface area contributed by atoms with Crippen LogP contribution in [0.15, 0.2) is 12.3 Å². The smallest absolute Gasteiger partial charge is 0.257 e. The van der Waals surface area contributed by atoms with Gasteiger partial charge in [-0.15, -0.1) is 0 Å². The summed E-state index contributed by atoms with van der Waals surface area (Å²) < 4.78 is 0. The second-order valence-corrected chi connectivity index (χ2v) is 4.26. The maximum Gasteiger partial charge on any atom is 0.257 e. The zero-order chi connectivity index (χ0) is 13.0. The SMILES string of the molecule is CCC(C)N(CC)C(=O)c1cnc(C)cc1N. The lowest BCUT2D eigenvalue weighted by molar-refractivity contribution is 0.0700. The van der Waals surface area contributed by atoms with E-state index in [2.05, 4.69) is 11.9 Å². The quantitative estimate of drug-likeness (QED) is 0.870. The first-order valence-corrected chi connectivity index (χ1v) is 6.04. The summed E-state index contributed by atoms with van der Waals surface area (Å²) in [6, 6.07) is 1.95. The maximum absolute atomic E-state index is 12.3. The Labute approximate surface area is 103 Å². The molecular weight excluding hydrogens is 214 g/mol. The molecule has 1 unspecified atom stereocenters. The Morgan fingerprint density at radius 3 is 2.65 bits per heavy atom. The molecule has 2 N–H and O–H groups in total. The zero-order valence-corrected chi connectivity index (χ0v) is 11.0. The second kappa shape index (κ2) is 5.66. The molecule has 1 aromatic rings. The minimum atomic E-state index is -0.0353. The highest BCUT2D eigenvalue weighted by atomic mass is 16.2. The molecule has 1 heterocycles. The van der Waals surface area contributed by atoms with E-state index < -0.39 is 0 Å². The van der Waals surface area contributed by atoms with Crippen LogP contribution in [0.3, 0.4) is 0 Å². The van der Waals surface area contributed by atoms with Crippen molar-refractivity contribution < 1.29 is 4.79 Å². The van der Waals surface area contributed by atoms with E-state index in [1.807, 2.05) is 25.7 Å². The van der Waals surface area contributed by atoms with Crippen LogP contribution in [0.5, 0.6) is 0 Å². The molecule has 0 aliphatic heterocycles. The average Bonchev–Trinajstić information content (AvgIpc) is 2.29. The standard InChI is InChI=1S/C13H21N3O/c1-5-10(4)16(6-2)13(17)11-8-15-9(3)7-12(11)14/h7-8,10H,5-6H2,1-4H3,(H2,14,15). The predicted octanol–water partition coefficient (Wildman–Crippen LogP) is 2.23. The van der Waals surface area contributed by atoms with Gasteiger partial charge in [0, 0.05) is 30.2 Å².